The van der Waals surface area contributed by atoms with E-state index in [1.165, 1.54) is 50.8 Å². The Morgan fingerprint density at radius 1 is 0.946 bits per heavy atom. The summed E-state index contributed by atoms with van der Waals surface area (Å²) in [6, 6.07) is 11.4. The quantitative estimate of drug-likeness (QED) is 0.425. The van der Waals surface area contributed by atoms with E-state index in [0.29, 0.717) is 23.3 Å². The minimum Gasteiger partial charge on any atom is -0.369 e. The number of fused-ring (bicyclic) bond motifs is 1. The molecule has 3 heterocycles. The van der Waals surface area contributed by atoms with Crippen LogP contribution in [0.25, 0.3) is 10.9 Å². The van der Waals surface area contributed by atoms with Gasteiger partial charge in [-0.15, -0.1) is 0 Å². The summed E-state index contributed by atoms with van der Waals surface area (Å²) in [5.41, 5.74) is 8.79. The highest BCUT2D eigenvalue weighted by atomic mass is 16.1. The van der Waals surface area contributed by atoms with Crippen molar-refractivity contribution in [2.24, 2.45) is 0 Å². The van der Waals surface area contributed by atoms with E-state index in [4.69, 9.17) is 5.73 Å². The minimum atomic E-state index is -0.101. The van der Waals surface area contributed by atoms with Crippen LogP contribution in [-0.4, -0.2) is 63.1 Å². The van der Waals surface area contributed by atoms with Crippen molar-refractivity contribution >= 4 is 22.7 Å². The van der Waals surface area contributed by atoms with Crippen molar-refractivity contribution in [3.8, 4) is 0 Å². The van der Waals surface area contributed by atoms with Gasteiger partial charge in [-0.3, -0.25) is 14.6 Å². The molecule has 0 unspecified atom stereocenters. The smallest absolute Gasteiger partial charge is 0.264 e. The number of nitrogens with two attached hydrogens (primary N) is 1. The number of anilines is 2. The number of hydrogen-bond donors (Lipinski definition) is 2. The number of nitrogens with one attached hydrogen (secondary N) is 1. The summed E-state index contributed by atoms with van der Waals surface area (Å²) in [7, 11) is 0. The van der Waals surface area contributed by atoms with Crippen LogP contribution in [0, 0.1) is 0 Å². The van der Waals surface area contributed by atoms with Crippen LogP contribution in [0.15, 0.2) is 41.3 Å². The number of rotatable bonds is 9. The molecule has 3 N–H and O–H groups in total. The summed E-state index contributed by atoms with van der Waals surface area (Å²) in [6.45, 7) is 9.04. The van der Waals surface area contributed by atoms with Crippen LogP contribution in [0.4, 0.5) is 11.8 Å². The van der Waals surface area contributed by atoms with Gasteiger partial charge in [-0.2, -0.15) is 4.98 Å². The second-order valence-corrected chi connectivity index (χ2v) is 10.6. The van der Waals surface area contributed by atoms with E-state index in [0.717, 1.165) is 50.6 Å². The van der Waals surface area contributed by atoms with Gasteiger partial charge in [0.25, 0.3) is 5.56 Å². The van der Waals surface area contributed by atoms with Crippen LogP contribution in [-0.2, 0) is 13.1 Å². The van der Waals surface area contributed by atoms with Crippen LogP contribution in [0.1, 0.15) is 63.0 Å². The van der Waals surface area contributed by atoms with Gasteiger partial charge in [-0.25, -0.2) is 4.98 Å². The molecule has 2 fully saturated rings. The largest absolute Gasteiger partial charge is 0.369 e. The maximum absolute atomic E-state index is 13.4. The Bertz CT molecular complexity index is 1230. The Hall–Kier alpha value is -2.97. The van der Waals surface area contributed by atoms with E-state index < -0.39 is 0 Å². The van der Waals surface area contributed by atoms with E-state index in [-0.39, 0.29) is 11.5 Å². The summed E-state index contributed by atoms with van der Waals surface area (Å²) in [5, 5.41) is 3.77. The maximum Gasteiger partial charge on any atom is 0.264 e. The molecule has 0 radical (unpaired) electrons. The van der Waals surface area contributed by atoms with E-state index in [9.17, 15) is 4.79 Å². The van der Waals surface area contributed by atoms with Crippen molar-refractivity contribution in [1.82, 2.24) is 24.3 Å². The highest BCUT2D eigenvalue weighted by molar-refractivity contribution is 5.89. The molecular formula is C29H41N7O. The SMILES string of the molecule is CCCCNc1nc(N)nc2ccn(Cc3ccc(CN4CCN(C5CCCCC5)CC4)cc3)c(=O)c12. The number of unbranched alkanes of at least 4 members (excludes halogenated alkanes) is 1. The highest BCUT2D eigenvalue weighted by Gasteiger charge is 2.25. The number of benzene rings is 1. The van der Waals surface area contributed by atoms with E-state index in [2.05, 4.69) is 56.3 Å². The lowest BCUT2D eigenvalue weighted by Gasteiger charge is -2.40. The van der Waals surface area contributed by atoms with Gasteiger partial charge in [-0.05, 0) is 36.5 Å². The van der Waals surface area contributed by atoms with Crippen molar-refractivity contribution in [2.75, 3.05) is 43.8 Å². The van der Waals surface area contributed by atoms with Gasteiger partial charge in [0.2, 0.25) is 5.95 Å². The Morgan fingerprint density at radius 3 is 2.35 bits per heavy atom. The van der Waals surface area contributed by atoms with E-state index >= 15 is 0 Å². The predicted octanol–water partition coefficient (Wildman–Crippen LogP) is 4.08. The molecule has 0 spiro atoms. The minimum absolute atomic E-state index is 0.101. The maximum atomic E-state index is 13.4. The molecule has 0 amide bonds. The first-order valence-electron chi connectivity index (χ1n) is 14.1. The summed E-state index contributed by atoms with van der Waals surface area (Å²) in [5.74, 6) is 0.698. The lowest BCUT2D eigenvalue weighted by molar-refractivity contribution is 0.0755. The lowest BCUT2D eigenvalue weighted by atomic mass is 9.94. The number of nitrogens with zero attached hydrogens (tertiary/aromatic N) is 5. The third-order valence-electron chi connectivity index (χ3n) is 7.94. The van der Waals surface area contributed by atoms with Gasteiger partial charge in [0, 0.05) is 51.5 Å². The molecule has 198 valence electrons. The van der Waals surface area contributed by atoms with Crippen LogP contribution in [0.2, 0.25) is 0 Å². The Morgan fingerprint density at radius 2 is 1.65 bits per heavy atom. The zero-order valence-electron chi connectivity index (χ0n) is 22.2. The van der Waals surface area contributed by atoms with Gasteiger partial charge in [-0.1, -0.05) is 56.9 Å². The van der Waals surface area contributed by atoms with Crippen molar-refractivity contribution in [3.05, 3.63) is 58.0 Å². The normalized spacial score (nSPS) is 17.9. The third kappa shape index (κ3) is 6.30. The molecule has 2 aromatic heterocycles. The molecule has 3 aromatic rings. The van der Waals surface area contributed by atoms with Crippen molar-refractivity contribution in [3.63, 3.8) is 0 Å². The molecule has 1 aliphatic carbocycles. The number of piperazine rings is 1. The van der Waals surface area contributed by atoms with Gasteiger partial charge in [0.1, 0.15) is 11.2 Å². The fraction of sp³-hybridized carbons (Fsp3) is 0.552. The highest BCUT2D eigenvalue weighted by Crippen LogP contribution is 2.24. The summed E-state index contributed by atoms with van der Waals surface area (Å²) >= 11 is 0. The average Bonchev–Trinajstić information content (AvgIpc) is 2.92. The lowest BCUT2D eigenvalue weighted by Crippen LogP contribution is -2.50. The molecule has 1 aromatic carbocycles. The standard InChI is InChI=1S/C29H41N7O/c1-2-3-14-31-27-26-25(32-29(30)33-27)13-15-36(28(26)37)21-23-11-9-22(10-12-23)20-34-16-18-35(19-17-34)24-7-5-4-6-8-24/h9-13,15,24H,2-8,14,16-21H2,1H3,(H3,30,31,32,33). The Kier molecular flexibility index (Phi) is 8.36. The molecule has 37 heavy (non-hydrogen) atoms. The third-order valence-corrected chi connectivity index (χ3v) is 7.94. The van der Waals surface area contributed by atoms with Crippen LogP contribution < -0.4 is 16.6 Å². The van der Waals surface area contributed by atoms with Crippen LogP contribution in [0.5, 0.6) is 0 Å². The molecule has 2 aliphatic rings. The summed E-state index contributed by atoms with van der Waals surface area (Å²) < 4.78 is 1.73. The van der Waals surface area contributed by atoms with Crippen molar-refractivity contribution in [1.29, 1.82) is 0 Å². The van der Waals surface area contributed by atoms with Crippen LogP contribution >= 0.6 is 0 Å². The average molecular weight is 504 g/mol. The van der Waals surface area contributed by atoms with Crippen molar-refractivity contribution < 1.29 is 0 Å². The molecule has 8 heteroatoms. The molecular weight excluding hydrogens is 462 g/mol. The van der Waals surface area contributed by atoms with Gasteiger partial charge in [0.05, 0.1) is 12.1 Å². The second-order valence-electron chi connectivity index (χ2n) is 10.6. The second kappa shape index (κ2) is 12.0. The first-order chi connectivity index (χ1) is 18.1. The van der Waals surface area contributed by atoms with E-state index in [1.54, 1.807) is 10.8 Å². The molecule has 0 bridgehead atoms. The van der Waals surface area contributed by atoms with Crippen molar-refractivity contribution in [2.45, 2.75) is 71.0 Å². The predicted molar refractivity (Wildman–Crippen MR) is 151 cm³/mol. The fourth-order valence-corrected chi connectivity index (χ4v) is 5.77. The number of hydrogen-bond acceptors (Lipinski definition) is 7. The molecule has 1 aliphatic heterocycles. The van der Waals surface area contributed by atoms with Crippen LogP contribution in [0.3, 0.4) is 0 Å². The zero-order valence-corrected chi connectivity index (χ0v) is 22.2. The number of pyridine rings is 1. The Balaban J connectivity index is 1.22. The van der Waals surface area contributed by atoms with Gasteiger partial charge in [0.15, 0.2) is 0 Å². The molecule has 1 saturated carbocycles. The Labute approximate surface area is 219 Å². The van der Waals surface area contributed by atoms with E-state index in [1.807, 2.05) is 6.07 Å². The number of aromatic nitrogens is 3. The summed E-state index contributed by atoms with van der Waals surface area (Å²) in [6.07, 6.45) is 10.9. The zero-order chi connectivity index (χ0) is 25.6. The molecule has 1 saturated heterocycles. The van der Waals surface area contributed by atoms with Gasteiger partial charge < -0.3 is 15.6 Å². The fourth-order valence-electron chi connectivity index (χ4n) is 5.77. The first kappa shape index (κ1) is 25.7. The molecule has 8 nitrogen and oxygen atoms in total. The molecule has 5 rings (SSSR count). The topological polar surface area (TPSA) is 92.3 Å². The van der Waals surface area contributed by atoms with Gasteiger partial charge >= 0.3 is 0 Å². The summed E-state index contributed by atoms with van der Waals surface area (Å²) in [4.78, 5) is 27.2. The first-order valence-corrected chi connectivity index (χ1v) is 14.1. The number of nitrogen functional groups attached to an aromatic ring is 1. The monoisotopic (exact) mass is 503 g/mol. The molecule has 0 atom stereocenters.